The van der Waals surface area contributed by atoms with E-state index >= 15 is 0 Å². The minimum absolute atomic E-state index is 0.109. The quantitative estimate of drug-likeness (QED) is 0.0261. The molecule has 0 N–H and O–H groups in total. The number of hydrogen-bond acceptors (Lipinski definition) is 6. The Morgan fingerprint density at radius 2 is 0.547 bits per heavy atom. The highest BCUT2D eigenvalue weighted by Crippen LogP contribution is 2.16. The van der Waals surface area contributed by atoms with Gasteiger partial charge in [-0.05, 0) is 109 Å². The molecule has 6 heteroatoms. The second kappa shape index (κ2) is 62.9. The van der Waals surface area contributed by atoms with Gasteiger partial charge in [0, 0.05) is 19.3 Å². The lowest BCUT2D eigenvalue weighted by atomic mass is 10.0. The number of rotatable bonds is 57. The second-order valence-corrected chi connectivity index (χ2v) is 20.9. The van der Waals surface area contributed by atoms with Crippen molar-refractivity contribution in [1.82, 2.24) is 0 Å². The fourth-order valence-electron chi connectivity index (χ4n) is 8.81. The van der Waals surface area contributed by atoms with Crippen LogP contribution in [0.25, 0.3) is 0 Å². The Morgan fingerprint density at radius 1 is 0.280 bits per heavy atom. The van der Waals surface area contributed by atoms with Gasteiger partial charge in [0.25, 0.3) is 0 Å². The van der Waals surface area contributed by atoms with Crippen LogP contribution >= 0.6 is 0 Å². The molecule has 0 aromatic heterocycles. The van der Waals surface area contributed by atoms with E-state index in [1.165, 1.54) is 167 Å². The van der Waals surface area contributed by atoms with Crippen molar-refractivity contribution >= 4 is 17.9 Å². The number of unbranched alkanes of at least 4 members (excludes halogenated alkanes) is 30. The molecular formula is C69H118O6. The molecule has 430 valence electrons. The predicted octanol–water partition coefficient (Wildman–Crippen LogP) is 21.7. The van der Waals surface area contributed by atoms with E-state index < -0.39 is 12.1 Å². The molecule has 0 amide bonds. The summed E-state index contributed by atoms with van der Waals surface area (Å²) in [5.41, 5.74) is 0. The zero-order chi connectivity index (χ0) is 54.3. The van der Waals surface area contributed by atoms with Crippen LogP contribution in [0, 0.1) is 0 Å². The van der Waals surface area contributed by atoms with E-state index in [1.807, 2.05) is 6.08 Å². The summed E-state index contributed by atoms with van der Waals surface area (Å²) in [6, 6.07) is 0. The first-order valence-corrected chi connectivity index (χ1v) is 31.7. The molecule has 0 aromatic rings. The molecular weight excluding hydrogens is 925 g/mol. The molecule has 0 saturated carbocycles. The minimum atomic E-state index is -0.822. The van der Waals surface area contributed by atoms with Crippen LogP contribution < -0.4 is 0 Å². The fourth-order valence-corrected chi connectivity index (χ4v) is 8.81. The van der Waals surface area contributed by atoms with Gasteiger partial charge in [0.1, 0.15) is 13.2 Å². The molecule has 0 aliphatic carbocycles. The molecule has 0 bridgehead atoms. The van der Waals surface area contributed by atoms with Gasteiger partial charge in [0.05, 0.1) is 0 Å². The van der Waals surface area contributed by atoms with Crippen LogP contribution in [0.5, 0.6) is 0 Å². The Hall–Kier alpha value is -3.67. The van der Waals surface area contributed by atoms with Gasteiger partial charge < -0.3 is 14.2 Å². The number of hydrogen-bond donors (Lipinski definition) is 0. The molecule has 0 rings (SSSR count). The van der Waals surface area contributed by atoms with E-state index in [2.05, 4.69) is 112 Å². The number of ether oxygens (including phenoxy) is 3. The summed E-state index contributed by atoms with van der Waals surface area (Å²) < 4.78 is 16.8. The van der Waals surface area contributed by atoms with Crippen LogP contribution in [-0.4, -0.2) is 37.2 Å². The Balaban J connectivity index is 4.38. The topological polar surface area (TPSA) is 78.9 Å². The molecule has 1 atom stereocenters. The maximum atomic E-state index is 12.9. The van der Waals surface area contributed by atoms with Crippen LogP contribution in [0.3, 0.4) is 0 Å². The van der Waals surface area contributed by atoms with Crippen molar-refractivity contribution in [2.75, 3.05) is 13.2 Å². The molecule has 0 radical (unpaired) electrons. The Morgan fingerprint density at radius 3 is 0.880 bits per heavy atom. The lowest BCUT2D eigenvalue weighted by Gasteiger charge is -2.18. The summed E-state index contributed by atoms with van der Waals surface area (Å²) in [5.74, 6) is -0.996. The maximum Gasteiger partial charge on any atom is 0.306 e. The number of carbonyl (C=O) groups excluding carboxylic acids is 3. The summed E-state index contributed by atoms with van der Waals surface area (Å²) in [7, 11) is 0. The van der Waals surface area contributed by atoms with Gasteiger partial charge in [0.2, 0.25) is 0 Å². The molecule has 1 unspecified atom stereocenters. The van der Waals surface area contributed by atoms with Gasteiger partial charge in [-0.15, -0.1) is 0 Å². The van der Waals surface area contributed by atoms with Crippen molar-refractivity contribution in [1.29, 1.82) is 0 Å². The first kappa shape index (κ1) is 71.3. The lowest BCUT2D eigenvalue weighted by Crippen LogP contribution is -2.30. The van der Waals surface area contributed by atoms with E-state index in [-0.39, 0.29) is 31.6 Å². The van der Waals surface area contributed by atoms with Crippen LogP contribution in [-0.2, 0) is 28.6 Å². The Bertz CT molecular complexity index is 1480. The SMILES string of the molecule is CC/C=C\C/C=C\C/C=C\C/C=C\C/C=C\C/C=C\CCC(=O)OC(COC(=O)CCCCCCC/C=C\CCCCCC)COC(=O)CCCCCCCCCCCCCCC/C=C\CCCCCCCCCC. The third kappa shape index (κ3) is 61.1. The predicted molar refractivity (Wildman–Crippen MR) is 325 cm³/mol. The molecule has 0 fully saturated rings. The van der Waals surface area contributed by atoms with Crippen molar-refractivity contribution in [3.8, 4) is 0 Å². The zero-order valence-corrected chi connectivity index (χ0v) is 49.3. The number of allylic oxidation sites excluding steroid dienone is 16. The van der Waals surface area contributed by atoms with Crippen LogP contribution in [0.1, 0.15) is 303 Å². The Labute approximate surface area is 464 Å². The first-order chi connectivity index (χ1) is 37.0. The normalized spacial score (nSPS) is 12.7. The highest BCUT2D eigenvalue weighted by atomic mass is 16.6. The van der Waals surface area contributed by atoms with Crippen molar-refractivity contribution in [2.24, 2.45) is 0 Å². The zero-order valence-electron chi connectivity index (χ0n) is 49.3. The van der Waals surface area contributed by atoms with Gasteiger partial charge in [0.15, 0.2) is 6.10 Å². The summed E-state index contributed by atoms with van der Waals surface area (Å²) in [4.78, 5) is 38.2. The van der Waals surface area contributed by atoms with Gasteiger partial charge in [-0.3, -0.25) is 14.4 Å². The standard InChI is InChI=1S/C69H118O6/c1-4-7-10-13-16-19-22-25-27-29-31-32-33-34-35-36-38-39-41-44-47-50-53-56-59-62-68(71)74-65-66(64-73-67(70)61-58-55-52-49-46-43-24-21-18-15-12-9-6-3)75-69(72)63-60-57-54-51-48-45-42-40-37-30-28-26-23-20-17-14-11-8-5-2/h8,11,17,20-21,24,26,28-29,31,37,40,45,48,54,57,66H,4-7,9-10,12-16,18-19,22-23,25,27,30,32-36,38-39,41-44,46-47,49-53,55-56,58-65H2,1-3H3/b11-8-,20-17-,24-21-,28-26-,31-29-,40-37-,48-45-,57-54-. The maximum absolute atomic E-state index is 12.9. The summed E-state index contributed by atoms with van der Waals surface area (Å²) in [5, 5.41) is 0. The van der Waals surface area contributed by atoms with Gasteiger partial charge in [-0.25, -0.2) is 0 Å². The highest BCUT2D eigenvalue weighted by Gasteiger charge is 2.19. The van der Waals surface area contributed by atoms with Crippen molar-refractivity contribution < 1.29 is 28.6 Å². The molecule has 0 saturated heterocycles. The number of esters is 3. The molecule has 0 heterocycles. The van der Waals surface area contributed by atoms with E-state index in [0.29, 0.717) is 19.3 Å². The summed E-state index contributed by atoms with van der Waals surface area (Å²) in [6.45, 7) is 6.46. The minimum Gasteiger partial charge on any atom is -0.462 e. The van der Waals surface area contributed by atoms with Crippen LogP contribution in [0.2, 0.25) is 0 Å². The molecule has 0 spiro atoms. The van der Waals surface area contributed by atoms with Crippen LogP contribution in [0.4, 0.5) is 0 Å². The van der Waals surface area contributed by atoms with E-state index in [0.717, 1.165) is 89.9 Å². The molecule has 75 heavy (non-hydrogen) atoms. The van der Waals surface area contributed by atoms with Gasteiger partial charge >= 0.3 is 17.9 Å². The van der Waals surface area contributed by atoms with Crippen molar-refractivity contribution in [3.63, 3.8) is 0 Å². The van der Waals surface area contributed by atoms with Crippen LogP contribution in [0.15, 0.2) is 97.2 Å². The lowest BCUT2D eigenvalue weighted by molar-refractivity contribution is -0.166. The van der Waals surface area contributed by atoms with Gasteiger partial charge in [-0.2, -0.15) is 0 Å². The molecule has 0 aliphatic rings. The third-order valence-electron chi connectivity index (χ3n) is 13.6. The molecule has 0 aromatic carbocycles. The van der Waals surface area contributed by atoms with E-state index in [1.54, 1.807) is 0 Å². The van der Waals surface area contributed by atoms with Gasteiger partial charge in [-0.1, -0.05) is 272 Å². The highest BCUT2D eigenvalue weighted by molar-refractivity contribution is 5.71. The van der Waals surface area contributed by atoms with E-state index in [9.17, 15) is 14.4 Å². The fraction of sp³-hybridized carbons (Fsp3) is 0.725. The average molecular weight is 1040 g/mol. The monoisotopic (exact) mass is 1040 g/mol. The number of carbonyl (C=O) groups is 3. The average Bonchev–Trinajstić information content (AvgIpc) is 3.41. The molecule has 0 aliphatic heterocycles. The molecule has 6 nitrogen and oxygen atoms in total. The van der Waals surface area contributed by atoms with E-state index in [4.69, 9.17) is 14.2 Å². The van der Waals surface area contributed by atoms with Crippen molar-refractivity contribution in [2.45, 2.75) is 309 Å². The smallest absolute Gasteiger partial charge is 0.306 e. The summed E-state index contributed by atoms with van der Waals surface area (Å²) in [6.07, 6.45) is 84.3. The van der Waals surface area contributed by atoms with Crippen molar-refractivity contribution in [3.05, 3.63) is 97.2 Å². The third-order valence-corrected chi connectivity index (χ3v) is 13.6. The second-order valence-electron chi connectivity index (χ2n) is 20.9. The summed E-state index contributed by atoms with van der Waals surface area (Å²) >= 11 is 0. The Kier molecular flexibility index (Phi) is 59.8. The first-order valence-electron chi connectivity index (χ1n) is 31.7. The largest absolute Gasteiger partial charge is 0.462 e.